The summed E-state index contributed by atoms with van der Waals surface area (Å²) in [4.78, 5) is 31.8. The molecule has 10 heteroatoms. The molecule has 0 spiro atoms. The van der Waals surface area contributed by atoms with E-state index in [0.29, 0.717) is 22.2 Å². The van der Waals surface area contributed by atoms with E-state index in [2.05, 4.69) is 23.1 Å². The van der Waals surface area contributed by atoms with Gasteiger partial charge in [0.1, 0.15) is 6.79 Å². The Morgan fingerprint density at radius 2 is 1.85 bits per heavy atom. The van der Waals surface area contributed by atoms with Crippen LogP contribution in [0.4, 0.5) is 10.5 Å². The standard InChI is InChI=1S/C15H22Cl2N4O3.CH2O/c1-2-3-4-5-10(9-18-24)14(22)20-21-15(23)19-11-6-7-12(16)13(17)8-11;1-2/h6-8,10,18,24H,2-5,9H2,1H3,(H,20,22)(H2,19,21,23);1H2. The molecule has 0 bridgehead atoms. The predicted octanol–water partition coefficient (Wildman–Crippen LogP) is 3.14. The van der Waals surface area contributed by atoms with E-state index in [1.165, 1.54) is 6.07 Å². The van der Waals surface area contributed by atoms with Gasteiger partial charge in [-0.25, -0.2) is 15.7 Å². The van der Waals surface area contributed by atoms with Gasteiger partial charge in [-0.1, -0.05) is 49.4 Å². The number of anilines is 1. The number of amides is 3. The highest BCUT2D eigenvalue weighted by molar-refractivity contribution is 6.42. The Hall–Kier alpha value is -1.87. The van der Waals surface area contributed by atoms with Crippen LogP contribution in [0.15, 0.2) is 18.2 Å². The molecule has 1 rings (SSSR count). The molecule has 0 aliphatic heterocycles. The molecule has 0 aromatic heterocycles. The number of nitrogens with one attached hydrogen (secondary N) is 4. The highest BCUT2D eigenvalue weighted by Crippen LogP contribution is 2.24. The first-order chi connectivity index (χ1) is 12.5. The number of hydrazine groups is 1. The second-order valence-electron chi connectivity index (χ2n) is 5.25. The van der Waals surface area contributed by atoms with Crippen molar-refractivity contribution in [1.29, 1.82) is 0 Å². The summed E-state index contributed by atoms with van der Waals surface area (Å²) in [6.45, 7) is 4.18. The second kappa shape index (κ2) is 14.3. The smallest absolute Gasteiger partial charge is 0.317 e. The molecule has 5 N–H and O–H groups in total. The van der Waals surface area contributed by atoms with Gasteiger partial charge in [0.05, 0.1) is 16.0 Å². The van der Waals surface area contributed by atoms with Crippen LogP contribution >= 0.6 is 23.2 Å². The Kier molecular flexibility index (Phi) is 13.3. The van der Waals surface area contributed by atoms with Crippen LogP contribution in [0.25, 0.3) is 0 Å². The molecule has 0 saturated heterocycles. The molecule has 26 heavy (non-hydrogen) atoms. The maximum absolute atomic E-state index is 12.0. The first-order valence-electron chi connectivity index (χ1n) is 7.95. The summed E-state index contributed by atoms with van der Waals surface area (Å²) in [7, 11) is 0. The molecule has 146 valence electrons. The first kappa shape index (κ1) is 24.1. The van der Waals surface area contributed by atoms with Crippen molar-refractivity contribution in [3.8, 4) is 0 Å². The van der Waals surface area contributed by atoms with Crippen LogP contribution in [-0.4, -0.2) is 30.5 Å². The molecule has 1 aromatic rings. The lowest BCUT2D eigenvalue weighted by molar-refractivity contribution is -0.126. The fraction of sp³-hybridized carbons (Fsp3) is 0.438. The first-order valence-corrected chi connectivity index (χ1v) is 8.71. The fourth-order valence-corrected chi connectivity index (χ4v) is 2.33. The summed E-state index contributed by atoms with van der Waals surface area (Å²) in [5.74, 6) is -0.816. The van der Waals surface area contributed by atoms with Gasteiger partial charge in [-0.15, -0.1) is 0 Å². The van der Waals surface area contributed by atoms with Gasteiger partial charge in [-0.2, -0.15) is 0 Å². The monoisotopic (exact) mass is 406 g/mol. The Morgan fingerprint density at radius 1 is 1.15 bits per heavy atom. The number of hydrogen-bond donors (Lipinski definition) is 5. The number of hydroxylamine groups is 1. The van der Waals surface area contributed by atoms with E-state index in [4.69, 9.17) is 33.2 Å². The summed E-state index contributed by atoms with van der Waals surface area (Å²) in [5, 5.41) is 12.0. The minimum atomic E-state index is -0.619. The zero-order chi connectivity index (χ0) is 19.9. The van der Waals surface area contributed by atoms with Gasteiger partial charge < -0.3 is 15.3 Å². The Balaban J connectivity index is 0.00000301. The summed E-state index contributed by atoms with van der Waals surface area (Å²) < 4.78 is 0. The molecular weight excluding hydrogens is 383 g/mol. The quantitative estimate of drug-likeness (QED) is 0.335. The lowest BCUT2D eigenvalue weighted by Gasteiger charge is -2.16. The Labute approximate surface area is 162 Å². The molecule has 1 atom stereocenters. The predicted molar refractivity (Wildman–Crippen MR) is 101 cm³/mol. The number of halogens is 2. The van der Waals surface area contributed by atoms with Gasteiger partial charge in [0.25, 0.3) is 0 Å². The molecule has 0 saturated carbocycles. The summed E-state index contributed by atoms with van der Waals surface area (Å²) in [6, 6.07) is 4.01. The number of hydrogen-bond acceptors (Lipinski definition) is 5. The van der Waals surface area contributed by atoms with Crippen LogP contribution in [-0.2, 0) is 9.59 Å². The van der Waals surface area contributed by atoms with E-state index >= 15 is 0 Å². The number of carbonyl (C=O) groups excluding carboxylic acids is 3. The number of rotatable bonds is 8. The van der Waals surface area contributed by atoms with Gasteiger partial charge in [-0.3, -0.25) is 10.2 Å². The van der Waals surface area contributed by atoms with Crippen LogP contribution < -0.4 is 21.6 Å². The topological polar surface area (TPSA) is 120 Å². The van der Waals surface area contributed by atoms with Gasteiger partial charge in [-0.05, 0) is 24.6 Å². The van der Waals surface area contributed by atoms with Gasteiger partial charge in [0.15, 0.2) is 0 Å². The number of benzene rings is 1. The summed E-state index contributed by atoms with van der Waals surface area (Å²) in [5.41, 5.74) is 7.02. The van der Waals surface area contributed by atoms with Gasteiger partial charge >= 0.3 is 6.03 Å². The van der Waals surface area contributed by atoms with Crippen LogP contribution in [0.1, 0.15) is 32.6 Å². The lowest BCUT2D eigenvalue weighted by Crippen LogP contribution is -2.48. The molecule has 1 aromatic carbocycles. The molecule has 3 amide bonds. The average molecular weight is 407 g/mol. The van der Waals surface area contributed by atoms with E-state index in [1.54, 1.807) is 12.1 Å². The third-order valence-corrected chi connectivity index (χ3v) is 4.08. The Bertz CT molecular complexity index is 575. The van der Waals surface area contributed by atoms with Crippen LogP contribution in [0.2, 0.25) is 10.0 Å². The SMILES string of the molecule is C=O.CCCCCC(CNO)C(=O)NNC(=O)Nc1ccc(Cl)c(Cl)c1. The van der Waals surface area contributed by atoms with Crippen LogP contribution in [0, 0.1) is 5.92 Å². The van der Waals surface area contributed by atoms with E-state index in [-0.39, 0.29) is 12.5 Å². The fourth-order valence-electron chi connectivity index (χ4n) is 2.03. The minimum absolute atomic E-state index is 0.117. The van der Waals surface area contributed by atoms with Crippen molar-refractivity contribution in [3.05, 3.63) is 28.2 Å². The molecule has 0 radical (unpaired) electrons. The van der Waals surface area contributed by atoms with Crippen LogP contribution in [0.3, 0.4) is 0 Å². The third kappa shape index (κ3) is 9.57. The van der Waals surface area contributed by atoms with Crippen molar-refractivity contribution in [3.63, 3.8) is 0 Å². The highest BCUT2D eigenvalue weighted by atomic mass is 35.5. The number of carbonyl (C=O) groups is 3. The van der Waals surface area contributed by atoms with Crippen molar-refractivity contribution in [2.45, 2.75) is 32.6 Å². The number of urea groups is 1. The summed E-state index contributed by atoms with van der Waals surface area (Å²) >= 11 is 11.7. The van der Waals surface area contributed by atoms with Crippen molar-refractivity contribution < 1.29 is 19.6 Å². The minimum Gasteiger partial charge on any atom is -0.317 e. The molecule has 0 aliphatic carbocycles. The zero-order valence-electron chi connectivity index (χ0n) is 14.5. The number of unbranched alkanes of at least 4 members (excludes halogenated alkanes) is 2. The van der Waals surface area contributed by atoms with Gasteiger partial charge in [0.2, 0.25) is 5.91 Å². The van der Waals surface area contributed by atoms with E-state index in [0.717, 1.165) is 19.3 Å². The normalized spacial score (nSPS) is 10.9. The third-order valence-electron chi connectivity index (χ3n) is 3.34. The Morgan fingerprint density at radius 3 is 2.42 bits per heavy atom. The van der Waals surface area contributed by atoms with E-state index in [9.17, 15) is 9.59 Å². The zero-order valence-corrected chi connectivity index (χ0v) is 16.0. The maximum atomic E-state index is 12.0. The molecular formula is C16H24Cl2N4O4. The van der Waals surface area contributed by atoms with E-state index < -0.39 is 11.9 Å². The van der Waals surface area contributed by atoms with Crippen LogP contribution in [0.5, 0.6) is 0 Å². The second-order valence-corrected chi connectivity index (χ2v) is 6.07. The maximum Gasteiger partial charge on any atom is 0.337 e. The van der Waals surface area contributed by atoms with Crippen molar-refractivity contribution >= 4 is 47.6 Å². The highest BCUT2D eigenvalue weighted by Gasteiger charge is 2.18. The molecule has 0 aliphatic rings. The van der Waals surface area contributed by atoms with Crippen molar-refractivity contribution in [2.24, 2.45) is 5.92 Å². The molecule has 0 heterocycles. The van der Waals surface area contributed by atoms with Crippen molar-refractivity contribution in [1.82, 2.24) is 16.3 Å². The molecule has 0 fully saturated rings. The largest absolute Gasteiger partial charge is 0.337 e. The molecule has 1 unspecified atom stereocenters. The van der Waals surface area contributed by atoms with E-state index in [1.807, 2.05) is 12.3 Å². The summed E-state index contributed by atoms with van der Waals surface area (Å²) in [6.07, 6.45) is 3.51. The molecule has 8 nitrogen and oxygen atoms in total. The lowest BCUT2D eigenvalue weighted by atomic mass is 10.0. The van der Waals surface area contributed by atoms with Crippen molar-refractivity contribution in [2.75, 3.05) is 11.9 Å². The van der Waals surface area contributed by atoms with Gasteiger partial charge in [0, 0.05) is 12.2 Å². The average Bonchev–Trinajstić information content (AvgIpc) is 2.64.